The Balaban J connectivity index is 1.46. The smallest absolute Gasteiger partial charge is 0.329 e. The molecule has 0 aromatic heterocycles. The fourth-order valence-corrected chi connectivity index (χ4v) is 2.45. The Morgan fingerprint density at radius 3 is 2.28 bits per heavy atom. The van der Waals surface area contributed by atoms with Crippen molar-refractivity contribution in [1.82, 2.24) is 5.43 Å². The van der Waals surface area contributed by atoms with Crippen molar-refractivity contribution in [2.75, 3.05) is 5.32 Å². The van der Waals surface area contributed by atoms with Gasteiger partial charge in [-0.15, -0.1) is 0 Å². The average Bonchev–Trinajstić information content (AvgIpc) is 2.75. The third-order valence-corrected chi connectivity index (χ3v) is 4.07. The Hall–Kier alpha value is -3.64. The van der Waals surface area contributed by atoms with Gasteiger partial charge in [0.2, 0.25) is 0 Å². The molecule has 7 heteroatoms. The molecule has 3 aromatic rings. The lowest BCUT2D eigenvalue weighted by atomic mass is 10.2. The van der Waals surface area contributed by atoms with Gasteiger partial charge in [-0.2, -0.15) is 5.10 Å². The molecule has 2 N–H and O–H groups in total. The van der Waals surface area contributed by atoms with Gasteiger partial charge in [0.1, 0.15) is 12.4 Å². The number of hydrogen-bond donors (Lipinski definition) is 2. The number of carbonyl (C=O) groups is 2. The van der Waals surface area contributed by atoms with E-state index in [1.807, 2.05) is 30.3 Å². The van der Waals surface area contributed by atoms with Crippen LogP contribution >= 0.6 is 11.6 Å². The molecule has 3 rings (SSSR count). The van der Waals surface area contributed by atoms with Gasteiger partial charge in [-0.05, 0) is 59.7 Å². The van der Waals surface area contributed by atoms with E-state index in [1.54, 1.807) is 48.5 Å². The molecule has 0 aliphatic rings. The molecule has 0 atom stereocenters. The molecule has 0 bridgehead atoms. The third kappa shape index (κ3) is 6.48. The van der Waals surface area contributed by atoms with Crippen molar-refractivity contribution in [3.05, 3.63) is 95.0 Å². The Morgan fingerprint density at radius 2 is 1.59 bits per heavy atom. The van der Waals surface area contributed by atoms with E-state index in [4.69, 9.17) is 16.3 Å². The van der Waals surface area contributed by atoms with Crippen LogP contribution in [0.5, 0.6) is 5.75 Å². The van der Waals surface area contributed by atoms with Gasteiger partial charge < -0.3 is 10.1 Å². The van der Waals surface area contributed by atoms with E-state index < -0.39 is 11.8 Å². The molecule has 29 heavy (non-hydrogen) atoms. The highest BCUT2D eigenvalue weighted by molar-refractivity contribution is 6.39. The lowest BCUT2D eigenvalue weighted by Gasteiger charge is -2.06. The highest BCUT2D eigenvalue weighted by Crippen LogP contribution is 2.14. The molecular weight excluding hydrogens is 390 g/mol. The number of hydrazone groups is 1. The van der Waals surface area contributed by atoms with Crippen LogP contribution < -0.4 is 15.5 Å². The number of ether oxygens (including phenoxy) is 1. The molecular formula is C22H18ClN3O3. The van der Waals surface area contributed by atoms with Crippen LogP contribution in [0.15, 0.2) is 84.0 Å². The number of amides is 2. The van der Waals surface area contributed by atoms with Crippen LogP contribution in [0.4, 0.5) is 5.69 Å². The topological polar surface area (TPSA) is 79.8 Å². The highest BCUT2D eigenvalue weighted by atomic mass is 35.5. The minimum atomic E-state index is -0.876. The molecule has 3 aromatic carbocycles. The summed E-state index contributed by atoms with van der Waals surface area (Å²) in [5.41, 5.74) is 4.47. The van der Waals surface area contributed by atoms with E-state index >= 15 is 0 Å². The predicted octanol–water partition coefficient (Wildman–Crippen LogP) is 4.01. The molecule has 0 spiro atoms. The predicted molar refractivity (Wildman–Crippen MR) is 113 cm³/mol. The maximum absolute atomic E-state index is 11.8. The van der Waals surface area contributed by atoms with Gasteiger partial charge in [-0.1, -0.05) is 41.9 Å². The number of anilines is 1. The van der Waals surface area contributed by atoms with Crippen molar-refractivity contribution >= 4 is 35.3 Å². The van der Waals surface area contributed by atoms with Crippen molar-refractivity contribution in [2.24, 2.45) is 5.10 Å². The Morgan fingerprint density at radius 1 is 0.897 bits per heavy atom. The number of benzene rings is 3. The first-order chi connectivity index (χ1) is 14.1. The molecule has 0 saturated heterocycles. The van der Waals surface area contributed by atoms with Crippen LogP contribution in [0.2, 0.25) is 5.02 Å². The number of halogens is 1. The Bertz CT molecular complexity index is 988. The first-order valence-electron chi connectivity index (χ1n) is 8.77. The van der Waals surface area contributed by atoms with Crippen LogP contribution in [-0.4, -0.2) is 18.0 Å². The summed E-state index contributed by atoms with van der Waals surface area (Å²) in [6, 6.07) is 23.5. The first kappa shape index (κ1) is 20.1. The summed E-state index contributed by atoms with van der Waals surface area (Å²) < 4.78 is 5.71. The molecule has 6 nitrogen and oxygen atoms in total. The largest absolute Gasteiger partial charge is 0.489 e. The van der Waals surface area contributed by atoms with Crippen molar-refractivity contribution in [3.63, 3.8) is 0 Å². The van der Waals surface area contributed by atoms with E-state index in [0.29, 0.717) is 17.3 Å². The van der Waals surface area contributed by atoms with Gasteiger partial charge in [0.05, 0.1) is 6.21 Å². The highest BCUT2D eigenvalue weighted by Gasteiger charge is 2.12. The number of hydrogen-bond acceptors (Lipinski definition) is 4. The van der Waals surface area contributed by atoms with Crippen LogP contribution in [0, 0.1) is 0 Å². The molecule has 0 heterocycles. The summed E-state index contributed by atoms with van der Waals surface area (Å²) in [5, 5.41) is 6.78. The number of carbonyl (C=O) groups excluding carboxylic acids is 2. The quantitative estimate of drug-likeness (QED) is 0.368. The van der Waals surface area contributed by atoms with Gasteiger partial charge >= 0.3 is 11.8 Å². The number of nitrogens with one attached hydrogen (secondary N) is 2. The monoisotopic (exact) mass is 407 g/mol. The average molecular weight is 408 g/mol. The van der Waals surface area contributed by atoms with Crippen molar-refractivity contribution < 1.29 is 14.3 Å². The minimum absolute atomic E-state index is 0.463. The summed E-state index contributed by atoms with van der Waals surface area (Å²) in [5.74, 6) is -0.981. The van der Waals surface area contributed by atoms with Gasteiger partial charge in [-0.3, -0.25) is 9.59 Å². The molecule has 2 amide bonds. The molecule has 0 unspecified atom stereocenters. The van der Waals surface area contributed by atoms with Gasteiger partial charge in [0.25, 0.3) is 0 Å². The summed E-state index contributed by atoms with van der Waals surface area (Å²) in [7, 11) is 0. The van der Waals surface area contributed by atoms with Gasteiger partial charge in [0.15, 0.2) is 0 Å². The minimum Gasteiger partial charge on any atom is -0.489 e. The zero-order valence-corrected chi connectivity index (χ0v) is 16.1. The van der Waals surface area contributed by atoms with Crippen molar-refractivity contribution in [3.8, 4) is 5.75 Å². The second kappa shape index (κ2) is 10.1. The molecule has 0 aliphatic heterocycles. The normalized spacial score (nSPS) is 10.5. The van der Waals surface area contributed by atoms with E-state index in [0.717, 1.165) is 16.9 Å². The molecule has 0 radical (unpaired) electrons. The van der Waals surface area contributed by atoms with Gasteiger partial charge in [-0.25, -0.2) is 5.43 Å². The van der Waals surface area contributed by atoms with Crippen LogP contribution in [-0.2, 0) is 16.2 Å². The zero-order chi connectivity index (χ0) is 20.5. The SMILES string of the molecule is O=C(N/N=C\c1ccc(OCc2ccccc2)cc1)C(=O)Nc1ccc(Cl)cc1. The lowest BCUT2D eigenvalue weighted by Crippen LogP contribution is -2.32. The van der Waals surface area contributed by atoms with Crippen LogP contribution in [0.3, 0.4) is 0 Å². The summed E-state index contributed by atoms with van der Waals surface area (Å²) in [4.78, 5) is 23.6. The van der Waals surface area contributed by atoms with E-state index in [9.17, 15) is 9.59 Å². The van der Waals surface area contributed by atoms with E-state index in [-0.39, 0.29) is 0 Å². The Kier molecular flexibility index (Phi) is 6.97. The molecule has 146 valence electrons. The van der Waals surface area contributed by atoms with E-state index in [1.165, 1.54) is 6.21 Å². The molecule has 0 saturated carbocycles. The fraction of sp³-hybridized carbons (Fsp3) is 0.0455. The third-order valence-electron chi connectivity index (χ3n) is 3.82. The number of nitrogens with zero attached hydrogens (tertiary/aromatic N) is 1. The molecule has 0 fully saturated rings. The maximum Gasteiger partial charge on any atom is 0.329 e. The van der Waals surface area contributed by atoms with Crippen molar-refractivity contribution in [2.45, 2.75) is 6.61 Å². The summed E-state index contributed by atoms with van der Waals surface area (Å²) in [6.07, 6.45) is 1.44. The number of rotatable bonds is 6. The van der Waals surface area contributed by atoms with Crippen molar-refractivity contribution in [1.29, 1.82) is 0 Å². The van der Waals surface area contributed by atoms with E-state index in [2.05, 4.69) is 15.8 Å². The van der Waals surface area contributed by atoms with Crippen LogP contribution in [0.1, 0.15) is 11.1 Å². The summed E-state index contributed by atoms with van der Waals surface area (Å²) >= 11 is 5.77. The zero-order valence-electron chi connectivity index (χ0n) is 15.3. The Labute approximate surface area is 173 Å². The summed E-state index contributed by atoms with van der Waals surface area (Å²) in [6.45, 7) is 0.479. The first-order valence-corrected chi connectivity index (χ1v) is 9.15. The second-order valence-electron chi connectivity index (χ2n) is 6.00. The van der Waals surface area contributed by atoms with Gasteiger partial charge in [0, 0.05) is 10.7 Å². The maximum atomic E-state index is 11.8. The second-order valence-corrected chi connectivity index (χ2v) is 6.44. The fourth-order valence-electron chi connectivity index (χ4n) is 2.33. The lowest BCUT2D eigenvalue weighted by molar-refractivity contribution is -0.136. The van der Waals surface area contributed by atoms with Crippen LogP contribution in [0.25, 0.3) is 0 Å². The molecule has 0 aliphatic carbocycles. The standard InChI is InChI=1S/C22H18ClN3O3/c23-18-8-10-19(11-9-18)25-21(27)22(28)26-24-14-16-6-12-20(13-7-16)29-15-17-4-2-1-3-5-17/h1-14H,15H2,(H,25,27)(H,26,28)/b24-14-.